The van der Waals surface area contributed by atoms with Gasteiger partial charge in [0.15, 0.2) is 0 Å². The molecule has 2 aromatic rings. The molecular weight excluding hydrogens is 232 g/mol. The van der Waals surface area contributed by atoms with Crippen molar-refractivity contribution in [1.82, 2.24) is 0 Å². The molecule has 0 spiro atoms. The Morgan fingerprint density at radius 1 is 0.941 bits per heavy atom. The second kappa shape index (κ2) is 4.20. The summed E-state index contributed by atoms with van der Waals surface area (Å²) in [6, 6.07) is 11.1. The molecule has 0 N–H and O–H groups in total. The van der Waals surface area contributed by atoms with Crippen LogP contribution in [0.15, 0.2) is 42.5 Å². The van der Waals surface area contributed by atoms with Crippen LogP contribution in [-0.2, 0) is 6.18 Å². The Labute approximate surface area is 95.5 Å². The van der Waals surface area contributed by atoms with E-state index in [2.05, 4.69) is 6.07 Å². The number of hydrogen-bond acceptors (Lipinski definition) is 0. The predicted octanol–water partition coefficient (Wildman–Crippen LogP) is 4.31. The first-order valence-electron chi connectivity index (χ1n) is 4.82. The molecule has 0 nitrogen and oxygen atoms in total. The highest BCUT2D eigenvalue weighted by Gasteiger charge is 2.30. The average molecular weight is 239 g/mol. The van der Waals surface area contributed by atoms with Crippen LogP contribution in [0.5, 0.6) is 0 Å². The summed E-state index contributed by atoms with van der Waals surface area (Å²) in [7, 11) is 0. The van der Waals surface area contributed by atoms with Gasteiger partial charge in [-0.15, -0.1) is 0 Å². The molecule has 0 aliphatic heterocycles. The molecule has 0 heterocycles. The quantitative estimate of drug-likeness (QED) is 0.650. The molecule has 0 aliphatic rings. The minimum atomic E-state index is -4.39. The van der Waals surface area contributed by atoms with Crippen LogP contribution in [0.2, 0.25) is 0 Å². The zero-order chi connectivity index (χ0) is 12.5. The summed E-state index contributed by atoms with van der Waals surface area (Å²) < 4.78 is 50.4. The molecule has 2 aromatic carbocycles. The van der Waals surface area contributed by atoms with Gasteiger partial charge in [0.05, 0.1) is 5.56 Å². The van der Waals surface area contributed by atoms with Gasteiger partial charge in [-0.3, -0.25) is 0 Å². The maximum Gasteiger partial charge on any atom is 0.416 e. The summed E-state index contributed by atoms with van der Waals surface area (Å²) in [5.41, 5.74) is -0.0247. The molecule has 0 unspecified atom stereocenters. The van der Waals surface area contributed by atoms with Crippen molar-refractivity contribution in [2.24, 2.45) is 0 Å². The number of hydrogen-bond donors (Lipinski definition) is 0. The lowest BCUT2D eigenvalue weighted by Gasteiger charge is -2.08. The third-order valence-corrected chi connectivity index (χ3v) is 2.29. The first-order valence-corrected chi connectivity index (χ1v) is 4.82. The van der Waals surface area contributed by atoms with Crippen molar-refractivity contribution in [3.05, 3.63) is 59.9 Å². The van der Waals surface area contributed by atoms with E-state index in [1.54, 1.807) is 0 Å². The van der Waals surface area contributed by atoms with Gasteiger partial charge in [-0.1, -0.05) is 24.3 Å². The van der Waals surface area contributed by atoms with E-state index < -0.39 is 17.6 Å². The van der Waals surface area contributed by atoms with Gasteiger partial charge in [-0.2, -0.15) is 13.2 Å². The highest BCUT2D eigenvalue weighted by molar-refractivity contribution is 5.64. The zero-order valence-corrected chi connectivity index (χ0v) is 8.55. The van der Waals surface area contributed by atoms with E-state index >= 15 is 0 Å². The lowest BCUT2D eigenvalue weighted by Crippen LogP contribution is -2.04. The Morgan fingerprint density at radius 3 is 2.29 bits per heavy atom. The van der Waals surface area contributed by atoms with Gasteiger partial charge in [0.1, 0.15) is 5.82 Å². The highest BCUT2D eigenvalue weighted by Crippen LogP contribution is 2.32. The monoisotopic (exact) mass is 239 g/mol. The second-order valence-electron chi connectivity index (χ2n) is 3.50. The topological polar surface area (TPSA) is 0 Å². The average Bonchev–Trinajstić information content (AvgIpc) is 2.28. The minimum absolute atomic E-state index is 0.327. The highest BCUT2D eigenvalue weighted by atomic mass is 19.4. The summed E-state index contributed by atoms with van der Waals surface area (Å²) in [5.74, 6) is -0.597. The van der Waals surface area contributed by atoms with Crippen molar-refractivity contribution in [1.29, 1.82) is 0 Å². The molecule has 0 aromatic heterocycles. The maximum atomic E-state index is 12.9. The molecule has 1 radical (unpaired) electrons. The molecule has 17 heavy (non-hydrogen) atoms. The summed E-state index contributed by atoms with van der Waals surface area (Å²) in [4.78, 5) is 0. The van der Waals surface area contributed by atoms with Crippen LogP contribution in [0.3, 0.4) is 0 Å². The van der Waals surface area contributed by atoms with Crippen LogP contribution in [0.1, 0.15) is 5.56 Å². The largest absolute Gasteiger partial charge is 0.416 e. The molecule has 0 amide bonds. The van der Waals surface area contributed by atoms with Crippen LogP contribution >= 0.6 is 0 Å². The summed E-state index contributed by atoms with van der Waals surface area (Å²) >= 11 is 0. The van der Waals surface area contributed by atoms with Gasteiger partial charge < -0.3 is 0 Å². The number of alkyl halides is 3. The van der Waals surface area contributed by atoms with Crippen molar-refractivity contribution in [2.75, 3.05) is 0 Å². The number of halogens is 4. The third-order valence-electron chi connectivity index (χ3n) is 2.29. The fraction of sp³-hybridized carbons (Fsp3) is 0.0769. The first-order chi connectivity index (χ1) is 7.97. The lowest BCUT2D eigenvalue weighted by atomic mass is 10.0. The molecule has 0 saturated heterocycles. The molecule has 2 rings (SSSR count). The van der Waals surface area contributed by atoms with Gasteiger partial charge in [-0.05, 0) is 29.3 Å². The van der Waals surface area contributed by atoms with Crippen LogP contribution in [0.25, 0.3) is 11.1 Å². The van der Waals surface area contributed by atoms with Crippen molar-refractivity contribution in [3.63, 3.8) is 0 Å². The first kappa shape index (κ1) is 11.6. The van der Waals surface area contributed by atoms with Crippen molar-refractivity contribution < 1.29 is 17.6 Å². The van der Waals surface area contributed by atoms with Crippen LogP contribution in [-0.4, -0.2) is 0 Å². The fourth-order valence-electron chi connectivity index (χ4n) is 1.49. The number of benzene rings is 2. The SMILES string of the molecule is Fc1[c]ccc(-c2cccc(C(F)(F)F)c2)c1. The summed E-state index contributed by atoms with van der Waals surface area (Å²) in [6.07, 6.45) is -4.39. The van der Waals surface area contributed by atoms with Crippen LogP contribution in [0.4, 0.5) is 17.6 Å². The van der Waals surface area contributed by atoms with Gasteiger partial charge in [-0.25, -0.2) is 4.39 Å². The Kier molecular flexibility index (Phi) is 2.88. The zero-order valence-electron chi connectivity index (χ0n) is 8.55. The molecule has 0 saturated carbocycles. The van der Waals surface area contributed by atoms with E-state index in [1.165, 1.54) is 24.3 Å². The minimum Gasteiger partial charge on any atom is -0.206 e. The van der Waals surface area contributed by atoms with E-state index in [0.717, 1.165) is 18.2 Å². The molecule has 0 aliphatic carbocycles. The van der Waals surface area contributed by atoms with Gasteiger partial charge >= 0.3 is 6.18 Å². The van der Waals surface area contributed by atoms with E-state index in [4.69, 9.17) is 0 Å². The maximum absolute atomic E-state index is 12.9. The predicted molar refractivity (Wildman–Crippen MR) is 55.7 cm³/mol. The molecule has 0 fully saturated rings. The molecule has 0 bridgehead atoms. The standard InChI is InChI=1S/C13H7F4/c14-12-6-2-4-10(8-12)9-3-1-5-11(7-9)13(15,16)17/h1-5,7-8H. The fourth-order valence-corrected chi connectivity index (χ4v) is 1.49. The van der Waals surface area contributed by atoms with Crippen molar-refractivity contribution in [3.8, 4) is 11.1 Å². The Hall–Kier alpha value is -1.84. The second-order valence-corrected chi connectivity index (χ2v) is 3.50. The lowest BCUT2D eigenvalue weighted by molar-refractivity contribution is -0.137. The summed E-state index contributed by atoms with van der Waals surface area (Å²) in [5, 5.41) is 0. The normalized spacial score (nSPS) is 11.5. The molecule has 4 heteroatoms. The van der Waals surface area contributed by atoms with E-state index in [-0.39, 0.29) is 0 Å². The Balaban J connectivity index is 2.47. The van der Waals surface area contributed by atoms with E-state index in [0.29, 0.717) is 11.1 Å². The Bertz CT molecular complexity index is 529. The van der Waals surface area contributed by atoms with Gasteiger partial charge in [0.2, 0.25) is 0 Å². The molecular formula is C13H7F4. The third kappa shape index (κ3) is 2.64. The number of rotatable bonds is 1. The molecule has 0 atom stereocenters. The van der Waals surface area contributed by atoms with E-state index in [9.17, 15) is 17.6 Å². The van der Waals surface area contributed by atoms with Gasteiger partial charge in [0, 0.05) is 6.07 Å². The van der Waals surface area contributed by atoms with Crippen molar-refractivity contribution >= 4 is 0 Å². The van der Waals surface area contributed by atoms with Crippen molar-refractivity contribution in [2.45, 2.75) is 6.18 Å². The molecule has 87 valence electrons. The van der Waals surface area contributed by atoms with Crippen LogP contribution < -0.4 is 0 Å². The summed E-state index contributed by atoms with van der Waals surface area (Å²) in [6.45, 7) is 0. The Morgan fingerprint density at radius 2 is 1.65 bits per heavy atom. The smallest absolute Gasteiger partial charge is 0.206 e. The van der Waals surface area contributed by atoms with E-state index in [1.807, 2.05) is 0 Å². The van der Waals surface area contributed by atoms with Crippen LogP contribution in [0, 0.1) is 11.9 Å². The van der Waals surface area contributed by atoms with Gasteiger partial charge in [0.25, 0.3) is 0 Å².